The summed E-state index contributed by atoms with van der Waals surface area (Å²) in [6.07, 6.45) is 4.01. The number of aryl methyl sites for hydroxylation is 1. The summed E-state index contributed by atoms with van der Waals surface area (Å²) < 4.78 is 32.8. The highest BCUT2D eigenvalue weighted by molar-refractivity contribution is 8.01. The predicted octanol–water partition coefficient (Wildman–Crippen LogP) is 2.25. The third-order valence-electron chi connectivity index (χ3n) is 4.79. The molecule has 0 radical (unpaired) electrons. The maximum Gasteiger partial charge on any atom is 0.244 e. The normalized spacial score (nSPS) is 22.4. The van der Waals surface area contributed by atoms with E-state index in [1.165, 1.54) is 6.20 Å². The molecule has 0 unspecified atom stereocenters. The van der Waals surface area contributed by atoms with Crippen molar-refractivity contribution in [2.24, 2.45) is 0 Å². The number of rotatable bonds is 5. The number of ether oxygens (including phenoxy) is 1. The Morgan fingerprint density at radius 3 is 2.88 bits per heavy atom. The Morgan fingerprint density at radius 1 is 1.31 bits per heavy atom. The molecule has 4 heterocycles. The van der Waals surface area contributed by atoms with Crippen molar-refractivity contribution in [1.29, 1.82) is 0 Å². The smallest absolute Gasteiger partial charge is 0.244 e. The summed E-state index contributed by atoms with van der Waals surface area (Å²) in [5.41, 5.74) is 1.92. The summed E-state index contributed by atoms with van der Waals surface area (Å²) >= 11 is 1.83. The van der Waals surface area contributed by atoms with Crippen molar-refractivity contribution in [3.63, 3.8) is 0 Å². The monoisotopic (exact) mass is 391 g/mol. The molecular formula is C18H21N3O3S2. The van der Waals surface area contributed by atoms with Crippen molar-refractivity contribution in [2.45, 2.75) is 35.7 Å². The third kappa shape index (κ3) is 3.51. The van der Waals surface area contributed by atoms with Crippen LogP contribution >= 0.6 is 11.8 Å². The fraction of sp³-hybridized carbons (Fsp3) is 0.444. The van der Waals surface area contributed by atoms with E-state index in [2.05, 4.69) is 9.97 Å². The largest absolute Gasteiger partial charge is 0.371 e. The first-order chi connectivity index (χ1) is 12.5. The van der Waals surface area contributed by atoms with Crippen LogP contribution in [-0.2, 0) is 21.4 Å². The lowest BCUT2D eigenvalue weighted by Gasteiger charge is -2.46. The molecule has 8 heteroatoms. The Kier molecular flexibility index (Phi) is 4.77. The molecule has 0 aliphatic carbocycles. The fourth-order valence-corrected chi connectivity index (χ4v) is 6.72. The molecule has 138 valence electrons. The maximum absolute atomic E-state index is 12.6. The van der Waals surface area contributed by atoms with Gasteiger partial charge in [-0.05, 0) is 37.6 Å². The Balaban J connectivity index is 1.32. The lowest BCUT2D eigenvalue weighted by molar-refractivity contribution is 0.0380. The van der Waals surface area contributed by atoms with Gasteiger partial charge in [0.1, 0.15) is 4.90 Å². The van der Waals surface area contributed by atoms with Crippen LogP contribution < -0.4 is 0 Å². The summed E-state index contributed by atoms with van der Waals surface area (Å²) in [5, 5.41) is 0. The minimum atomic E-state index is -3.44. The Bertz CT molecular complexity index is 884. The van der Waals surface area contributed by atoms with Gasteiger partial charge < -0.3 is 4.74 Å². The highest BCUT2D eigenvalue weighted by Crippen LogP contribution is 2.47. The van der Waals surface area contributed by atoms with Gasteiger partial charge in [-0.1, -0.05) is 6.07 Å². The van der Waals surface area contributed by atoms with Gasteiger partial charge in [-0.2, -0.15) is 4.31 Å². The second-order valence-corrected chi connectivity index (χ2v) is 10.3. The van der Waals surface area contributed by atoms with Gasteiger partial charge in [0.2, 0.25) is 10.0 Å². The summed E-state index contributed by atoms with van der Waals surface area (Å²) in [5.74, 6) is 0.895. The van der Waals surface area contributed by atoms with Gasteiger partial charge in [0.15, 0.2) is 0 Å². The second kappa shape index (κ2) is 6.92. The van der Waals surface area contributed by atoms with E-state index in [1.54, 1.807) is 22.6 Å². The van der Waals surface area contributed by atoms with E-state index in [9.17, 15) is 8.42 Å². The summed E-state index contributed by atoms with van der Waals surface area (Å²) in [4.78, 5) is 8.63. The zero-order valence-electron chi connectivity index (χ0n) is 14.5. The van der Waals surface area contributed by atoms with Crippen LogP contribution in [0.4, 0.5) is 0 Å². The minimum absolute atomic E-state index is 0.0139. The lowest BCUT2D eigenvalue weighted by atomic mass is 9.95. The summed E-state index contributed by atoms with van der Waals surface area (Å²) in [7, 11) is -3.44. The molecule has 2 aliphatic rings. The molecule has 2 aromatic heterocycles. The average Bonchev–Trinajstić information content (AvgIpc) is 3.04. The van der Waals surface area contributed by atoms with Crippen molar-refractivity contribution in [3.8, 4) is 0 Å². The molecule has 1 atom stereocenters. The van der Waals surface area contributed by atoms with E-state index < -0.39 is 10.0 Å². The highest BCUT2D eigenvalue weighted by Gasteiger charge is 2.53. The van der Waals surface area contributed by atoms with Crippen molar-refractivity contribution in [1.82, 2.24) is 14.3 Å². The van der Waals surface area contributed by atoms with Crippen molar-refractivity contribution in [2.75, 3.05) is 18.8 Å². The Morgan fingerprint density at radius 2 is 2.15 bits per heavy atom. The van der Waals surface area contributed by atoms with Crippen LogP contribution in [0.1, 0.15) is 17.8 Å². The average molecular weight is 392 g/mol. The molecule has 0 N–H and O–H groups in total. The predicted molar refractivity (Wildman–Crippen MR) is 100 cm³/mol. The molecule has 2 fully saturated rings. The number of sulfonamides is 1. The minimum Gasteiger partial charge on any atom is -0.371 e. The van der Waals surface area contributed by atoms with Gasteiger partial charge in [-0.25, -0.2) is 8.42 Å². The molecule has 0 bridgehead atoms. The van der Waals surface area contributed by atoms with E-state index in [1.807, 2.05) is 36.9 Å². The third-order valence-corrected chi connectivity index (χ3v) is 8.14. The van der Waals surface area contributed by atoms with Gasteiger partial charge in [-0.3, -0.25) is 9.97 Å². The molecule has 1 spiro atoms. The molecule has 0 aromatic carbocycles. The zero-order valence-corrected chi connectivity index (χ0v) is 16.2. The number of hydrogen-bond acceptors (Lipinski definition) is 6. The van der Waals surface area contributed by atoms with Gasteiger partial charge in [-0.15, -0.1) is 11.8 Å². The standard InChI is InChI=1S/C18H21N3O3S2/c1-14-4-2-5-15(20-14)10-24-16-8-18(25-11-16)12-21(13-18)26(22,23)17-6-3-7-19-9-17/h2-7,9,16H,8,10-13H2,1H3/t16-/m0/s1. The van der Waals surface area contributed by atoms with Crippen molar-refractivity contribution < 1.29 is 13.2 Å². The topological polar surface area (TPSA) is 72.4 Å². The summed E-state index contributed by atoms with van der Waals surface area (Å²) in [6, 6.07) is 9.16. The van der Waals surface area contributed by atoms with Crippen molar-refractivity contribution >= 4 is 21.8 Å². The second-order valence-electron chi connectivity index (χ2n) is 6.86. The zero-order chi connectivity index (χ0) is 18.2. The molecule has 6 nitrogen and oxygen atoms in total. The van der Waals surface area contributed by atoms with E-state index in [0.29, 0.717) is 19.7 Å². The van der Waals surface area contributed by atoms with Crippen LogP contribution in [0.25, 0.3) is 0 Å². The molecule has 0 saturated carbocycles. The first-order valence-corrected chi connectivity index (χ1v) is 11.0. The molecule has 2 saturated heterocycles. The van der Waals surface area contributed by atoms with E-state index >= 15 is 0 Å². The highest BCUT2D eigenvalue weighted by atomic mass is 32.2. The van der Waals surface area contributed by atoms with E-state index in [-0.39, 0.29) is 15.7 Å². The van der Waals surface area contributed by atoms with Crippen molar-refractivity contribution in [3.05, 3.63) is 54.1 Å². The first kappa shape index (κ1) is 17.9. The Labute approximate surface area is 158 Å². The van der Waals surface area contributed by atoms with Gasteiger partial charge in [0, 0.05) is 41.7 Å². The Hall–Kier alpha value is -1.48. The maximum atomic E-state index is 12.6. The number of nitrogens with zero attached hydrogens (tertiary/aromatic N) is 3. The quantitative estimate of drug-likeness (QED) is 0.778. The first-order valence-electron chi connectivity index (χ1n) is 8.55. The van der Waals surface area contributed by atoms with Crippen LogP contribution in [0.5, 0.6) is 0 Å². The summed E-state index contributed by atoms with van der Waals surface area (Å²) in [6.45, 7) is 3.55. The number of aromatic nitrogens is 2. The van der Waals surface area contributed by atoms with Crippen LogP contribution in [0, 0.1) is 6.92 Å². The molecular weight excluding hydrogens is 370 g/mol. The molecule has 2 aliphatic heterocycles. The van der Waals surface area contributed by atoms with E-state index in [0.717, 1.165) is 23.6 Å². The molecule has 4 rings (SSSR count). The van der Waals surface area contributed by atoms with Gasteiger partial charge in [0.25, 0.3) is 0 Å². The van der Waals surface area contributed by atoms with Crippen LogP contribution in [0.15, 0.2) is 47.6 Å². The van der Waals surface area contributed by atoms with Gasteiger partial charge >= 0.3 is 0 Å². The SMILES string of the molecule is Cc1cccc(CO[C@@H]2CSC3(C2)CN(S(=O)(=O)c2cccnc2)C3)n1. The molecule has 2 aromatic rings. The number of pyridine rings is 2. The fourth-order valence-electron chi connectivity index (χ4n) is 3.43. The van der Waals surface area contributed by atoms with E-state index in [4.69, 9.17) is 4.74 Å². The molecule has 26 heavy (non-hydrogen) atoms. The van der Waals surface area contributed by atoms with Crippen LogP contribution in [0.2, 0.25) is 0 Å². The molecule has 0 amide bonds. The van der Waals surface area contributed by atoms with Crippen LogP contribution in [0.3, 0.4) is 0 Å². The number of hydrogen-bond donors (Lipinski definition) is 0. The van der Waals surface area contributed by atoms with Crippen LogP contribution in [-0.4, -0.2) is 52.4 Å². The van der Waals surface area contributed by atoms with Gasteiger partial charge in [0.05, 0.1) is 18.4 Å². The number of thioether (sulfide) groups is 1. The lowest BCUT2D eigenvalue weighted by Crippen LogP contribution is -2.60.